The second kappa shape index (κ2) is 7.66. The number of carbonyl (C=O) groups excluding carboxylic acids is 2. The lowest BCUT2D eigenvalue weighted by atomic mass is 9.88. The van der Waals surface area contributed by atoms with Gasteiger partial charge in [0, 0.05) is 24.2 Å². The summed E-state index contributed by atoms with van der Waals surface area (Å²) in [6, 6.07) is 14.9. The number of hydrogen-bond donors (Lipinski definition) is 0. The van der Waals surface area contributed by atoms with Crippen LogP contribution in [0.25, 0.3) is 0 Å². The van der Waals surface area contributed by atoms with Crippen LogP contribution in [-0.4, -0.2) is 36.5 Å². The Morgan fingerprint density at radius 3 is 2.07 bits per heavy atom. The van der Waals surface area contributed by atoms with E-state index in [1.807, 2.05) is 53.4 Å². The summed E-state index contributed by atoms with van der Waals surface area (Å²) in [6.07, 6.45) is 1.12. The molecule has 0 N–H and O–H groups in total. The Morgan fingerprint density at radius 1 is 0.964 bits per heavy atom. The van der Waals surface area contributed by atoms with Gasteiger partial charge in [-0.05, 0) is 30.4 Å². The van der Waals surface area contributed by atoms with E-state index in [-0.39, 0.29) is 12.5 Å². The predicted octanol–water partition coefficient (Wildman–Crippen LogP) is 3.97. The maximum absolute atomic E-state index is 13.0. The van der Waals surface area contributed by atoms with Gasteiger partial charge >= 0.3 is 5.97 Å². The fourth-order valence-corrected chi connectivity index (χ4v) is 4.34. The van der Waals surface area contributed by atoms with Crippen LogP contribution in [0.5, 0.6) is 11.5 Å². The third-order valence-corrected chi connectivity index (χ3v) is 5.48. The summed E-state index contributed by atoms with van der Waals surface area (Å²) in [5.41, 5.74) is 1.53. The van der Waals surface area contributed by atoms with Gasteiger partial charge in [-0.15, -0.1) is 0 Å². The summed E-state index contributed by atoms with van der Waals surface area (Å²) < 4.78 is 11.4. The van der Waals surface area contributed by atoms with E-state index in [9.17, 15) is 9.59 Å². The van der Waals surface area contributed by atoms with Crippen molar-refractivity contribution in [2.75, 3.05) is 19.7 Å². The van der Waals surface area contributed by atoms with Crippen molar-refractivity contribution in [2.45, 2.75) is 26.2 Å². The molecule has 1 fully saturated rings. The smallest absolute Gasteiger partial charge is 0.318 e. The van der Waals surface area contributed by atoms with Crippen LogP contribution in [0.15, 0.2) is 48.5 Å². The fourth-order valence-electron chi connectivity index (χ4n) is 4.34. The minimum absolute atomic E-state index is 0.125. The van der Waals surface area contributed by atoms with Crippen LogP contribution in [0.3, 0.4) is 0 Å². The molecule has 2 aliphatic heterocycles. The number of carbonyl (C=O) groups is 2. The van der Waals surface area contributed by atoms with Crippen molar-refractivity contribution in [2.24, 2.45) is 11.8 Å². The van der Waals surface area contributed by atoms with E-state index in [4.69, 9.17) is 9.47 Å². The number of piperidine rings is 1. The van der Waals surface area contributed by atoms with E-state index in [1.54, 1.807) is 0 Å². The van der Waals surface area contributed by atoms with Crippen LogP contribution in [0.4, 0.5) is 0 Å². The van der Waals surface area contributed by atoms with E-state index in [2.05, 4.69) is 13.8 Å². The number of benzene rings is 2. The molecular weight excluding hydrogens is 354 g/mol. The predicted molar refractivity (Wildman–Crippen MR) is 105 cm³/mol. The summed E-state index contributed by atoms with van der Waals surface area (Å²) in [4.78, 5) is 27.4. The van der Waals surface area contributed by atoms with Crippen LogP contribution in [0.2, 0.25) is 0 Å². The van der Waals surface area contributed by atoms with Gasteiger partial charge in [0.1, 0.15) is 17.4 Å². The molecule has 4 rings (SSSR count). The molecular formula is C23H25NO4. The lowest BCUT2D eigenvalue weighted by molar-refractivity contribution is -0.153. The first-order valence-corrected chi connectivity index (χ1v) is 9.83. The second-order valence-corrected chi connectivity index (χ2v) is 7.96. The van der Waals surface area contributed by atoms with E-state index in [1.165, 1.54) is 0 Å². The average Bonchev–Trinajstić information content (AvgIpc) is 2.69. The minimum atomic E-state index is -0.590. The molecule has 0 bridgehead atoms. The number of amides is 1. The Hall–Kier alpha value is -2.82. The first-order chi connectivity index (χ1) is 13.5. The first-order valence-electron chi connectivity index (χ1n) is 9.83. The second-order valence-electron chi connectivity index (χ2n) is 7.96. The van der Waals surface area contributed by atoms with Crippen molar-refractivity contribution in [1.29, 1.82) is 0 Å². The minimum Gasteiger partial charge on any atom is -0.457 e. The zero-order valence-corrected chi connectivity index (χ0v) is 16.3. The molecule has 0 spiro atoms. The fraction of sp³-hybridized carbons (Fsp3) is 0.391. The van der Waals surface area contributed by atoms with Crippen molar-refractivity contribution in [3.8, 4) is 11.5 Å². The van der Waals surface area contributed by atoms with E-state index < -0.39 is 11.9 Å². The van der Waals surface area contributed by atoms with Crippen molar-refractivity contribution >= 4 is 11.9 Å². The monoisotopic (exact) mass is 379 g/mol. The van der Waals surface area contributed by atoms with Gasteiger partial charge in [0.2, 0.25) is 0 Å². The maximum Gasteiger partial charge on any atom is 0.318 e. The number of esters is 1. The normalized spacial score (nSPS) is 21.3. The SMILES string of the molecule is CC1CC(C)CN(C(=O)COC(=O)C2c3ccccc3Oc3ccccc32)C1. The lowest BCUT2D eigenvalue weighted by Crippen LogP contribution is -2.44. The van der Waals surface area contributed by atoms with E-state index >= 15 is 0 Å². The number of fused-ring (bicyclic) bond motifs is 2. The zero-order chi connectivity index (χ0) is 19.7. The van der Waals surface area contributed by atoms with E-state index in [0.717, 1.165) is 30.6 Å². The number of rotatable bonds is 3. The quantitative estimate of drug-likeness (QED) is 0.757. The molecule has 0 aromatic heterocycles. The van der Waals surface area contributed by atoms with Crippen molar-refractivity contribution in [1.82, 2.24) is 4.90 Å². The molecule has 2 unspecified atom stereocenters. The molecule has 2 aliphatic rings. The molecule has 0 radical (unpaired) electrons. The molecule has 1 amide bonds. The third kappa shape index (κ3) is 3.61. The summed E-state index contributed by atoms with van der Waals surface area (Å²) >= 11 is 0. The first kappa shape index (κ1) is 18.5. The molecule has 2 atom stereocenters. The number of para-hydroxylation sites is 2. The van der Waals surface area contributed by atoms with Crippen LogP contribution < -0.4 is 4.74 Å². The highest BCUT2D eigenvalue weighted by Gasteiger charge is 2.34. The van der Waals surface area contributed by atoms with Gasteiger partial charge in [0.25, 0.3) is 5.91 Å². The Kier molecular flexibility index (Phi) is 5.07. The summed E-state index contributed by atoms with van der Waals surface area (Å²) in [6.45, 7) is 5.53. The van der Waals surface area contributed by atoms with Crippen molar-refractivity contribution < 1.29 is 19.1 Å². The highest BCUT2D eigenvalue weighted by Crippen LogP contribution is 2.44. The van der Waals surface area contributed by atoms with Crippen molar-refractivity contribution in [3.05, 3.63) is 59.7 Å². The van der Waals surface area contributed by atoms with Gasteiger partial charge in [-0.2, -0.15) is 0 Å². The van der Waals surface area contributed by atoms with Gasteiger partial charge < -0.3 is 14.4 Å². The molecule has 2 aromatic carbocycles. The molecule has 5 heteroatoms. The van der Waals surface area contributed by atoms with Crippen LogP contribution in [0.1, 0.15) is 37.3 Å². The van der Waals surface area contributed by atoms with E-state index in [0.29, 0.717) is 23.3 Å². The average molecular weight is 379 g/mol. The summed E-state index contributed by atoms with van der Waals surface area (Å²) in [7, 11) is 0. The topological polar surface area (TPSA) is 55.8 Å². The van der Waals surface area contributed by atoms with Crippen LogP contribution >= 0.6 is 0 Å². The van der Waals surface area contributed by atoms with Gasteiger partial charge in [-0.25, -0.2) is 0 Å². The number of hydrogen-bond acceptors (Lipinski definition) is 4. The molecule has 1 saturated heterocycles. The highest BCUT2D eigenvalue weighted by atomic mass is 16.5. The van der Waals surface area contributed by atoms with Crippen molar-refractivity contribution in [3.63, 3.8) is 0 Å². The maximum atomic E-state index is 13.0. The van der Waals surface area contributed by atoms with Gasteiger partial charge in [-0.1, -0.05) is 50.2 Å². The lowest BCUT2D eigenvalue weighted by Gasteiger charge is -2.35. The number of nitrogens with zero attached hydrogens (tertiary/aromatic N) is 1. The highest BCUT2D eigenvalue weighted by molar-refractivity contribution is 5.87. The molecule has 2 aromatic rings. The molecule has 28 heavy (non-hydrogen) atoms. The van der Waals surface area contributed by atoms with Crippen LogP contribution in [-0.2, 0) is 14.3 Å². The van der Waals surface area contributed by atoms with Gasteiger partial charge in [0.05, 0.1) is 0 Å². The summed E-state index contributed by atoms with van der Waals surface area (Å²) in [5, 5.41) is 0. The Labute approximate surface area is 165 Å². The molecule has 0 saturated carbocycles. The van der Waals surface area contributed by atoms with Gasteiger partial charge in [0.15, 0.2) is 6.61 Å². The summed E-state index contributed by atoms with van der Waals surface area (Å²) in [5.74, 6) is 1.10. The molecule has 146 valence electrons. The standard InChI is InChI=1S/C23H25NO4/c1-15-11-16(2)13-24(12-15)21(25)14-27-23(26)22-17-7-3-5-9-19(17)28-20-10-6-4-8-18(20)22/h3-10,15-16,22H,11-14H2,1-2H3. The molecule has 2 heterocycles. The van der Waals surface area contributed by atoms with Crippen LogP contribution in [0, 0.1) is 11.8 Å². The largest absolute Gasteiger partial charge is 0.457 e. The number of likely N-dealkylation sites (tertiary alicyclic amines) is 1. The zero-order valence-electron chi connectivity index (χ0n) is 16.3. The number of ether oxygens (including phenoxy) is 2. The molecule has 0 aliphatic carbocycles. The Bertz CT molecular complexity index is 838. The van der Waals surface area contributed by atoms with Gasteiger partial charge in [-0.3, -0.25) is 9.59 Å². The Balaban J connectivity index is 1.50. The molecule has 5 nitrogen and oxygen atoms in total. The Morgan fingerprint density at radius 2 is 1.50 bits per heavy atom. The third-order valence-electron chi connectivity index (χ3n) is 5.48.